The second-order valence-corrected chi connectivity index (χ2v) is 5.70. The third-order valence-electron chi connectivity index (χ3n) is 4.25. The van der Waals surface area contributed by atoms with Crippen molar-refractivity contribution in [2.24, 2.45) is 0 Å². The lowest BCUT2D eigenvalue weighted by Crippen LogP contribution is -2.63. The first-order valence-electron chi connectivity index (χ1n) is 7.06. The van der Waals surface area contributed by atoms with Gasteiger partial charge in [-0.2, -0.15) is 0 Å². The van der Waals surface area contributed by atoms with Gasteiger partial charge >= 0.3 is 0 Å². The van der Waals surface area contributed by atoms with Crippen LogP contribution in [0.5, 0.6) is 0 Å². The molecule has 1 N–H and O–H groups in total. The lowest BCUT2D eigenvalue weighted by molar-refractivity contribution is 0.273. The molecule has 0 spiro atoms. The number of nitrogens with one attached hydrogen (secondary N) is 1. The highest BCUT2D eigenvalue weighted by Gasteiger charge is 2.36. The number of halogens is 3. The molecule has 1 aromatic carbocycles. The normalized spacial score (nSPS) is 26.9. The van der Waals surface area contributed by atoms with Gasteiger partial charge < -0.3 is 10.2 Å². The second kappa shape index (κ2) is 5.64. The summed E-state index contributed by atoms with van der Waals surface area (Å²) in [5.41, 5.74) is -0.307. The molecule has 0 aliphatic carbocycles. The molecular formula is C15H21F3N2. The Kier molecular flexibility index (Phi) is 4.28. The van der Waals surface area contributed by atoms with E-state index in [9.17, 15) is 13.2 Å². The van der Waals surface area contributed by atoms with Crippen LogP contribution < -0.4 is 10.2 Å². The summed E-state index contributed by atoms with van der Waals surface area (Å²) in [7, 11) is 0. The molecule has 0 bridgehead atoms. The number of rotatable bonds is 3. The van der Waals surface area contributed by atoms with Crippen LogP contribution in [0.2, 0.25) is 0 Å². The number of nitrogens with zero attached hydrogens (tertiary/aromatic N) is 1. The van der Waals surface area contributed by atoms with Crippen molar-refractivity contribution in [1.82, 2.24) is 5.32 Å². The maximum absolute atomic E-state index is 14.0. The average Bonchev–Trinajstić information content (AvgIpc) is 2.38. The van der Waals surface area contributed by atoms with Crippen molar-refractivity contribution in [3.05, 3.63) is 29.6 Å². The average molecular weight is 286 g/mol. The third kappa shape index (κ3) is 2.77. The molecule has 5 heteroatoms. The Balaban J connectivity index is 2.42. The minimum Gasteiger partial charge on any atom is -0.361 e. The molecule has 0 radical (unpaired) electrons. The maximum Gasteiger partial charge on any atom is 0.152 e. The third-order valence-corrected chi connectivity index (χ3v) is 4.25. The zero-order valence-corrected chi connectivity index (χ0v) is 12.1. The van der Waals surface area contributed by atoms with E-state index < -0.39 is 17.5 Å². The number of hydrogen-bond acceptors (Lipinski definition) is 2. The summed E-state index contributed by atoms with van der Waals surface area (Å²) in [5.74, 6) is -2.55. The van der Waals surface area contributed by atoms with Gasteiger partial charge in [-0.3, -0.25) is 0 Å². The van der Waals surface area contributed by atoms with E-state index in [1.54, 1.807) is 4.90 Å². The first-order valence-corrected chi connectivity index (χ1v) is 7.06. The van der Waals surface area contributed by atoms with E-state index in [1.165, 1.54) is 0 Å². The van der Waals surface area contributed by atoms with Crippen LogP contribution in [0.25, 0.3) is 0 Å². The Hall–Kier alpha value is -1.23. The van der Waals surface area contributed by atoms with Crippen LogP contribution in [0.3, 0.4) is 0 Å². The molecule has 2 atom stereocenters. The van der Waals surface area contributed by atoms with Gasteiger partial charge in [0.15, 0.2) is 11.6 Å². The fraction of sp³-hybridized carbons (Fsp3) is 0.600. The highest BCUT2D eigenvalue weighted by Crippen LogP contribution is 2.31. The number of benzene rings is 1. The zero-order chi connectivity index (χ0) is 14.9. The molecule has 1 saturated heterocycles. The fourth-order valence-electron chi connectivity index (χ4n) is 2.71. The van der Waals surface area contributed by atoms with Gasteiger partial charge in [-0.1, -0.05) is 13.8 Å². The molecule has 1 fully saturated rings. The molecule has 112 valence electrons. The first kappa shape index (κ1) is 15.2. The number of hydrogen-bond donors (Lipinski definition) is 1. The van der Waals surface area contributed by atoms with Crippen molar-refractivity contribution in [2.75, 3.05) is 18.0 Å². The van der Waals surface area contributed by atoms with E-state index >= 15 is 0 Å². The molecular weight excluding hydrogens is 265 g/mol. The summed E-state index contributed by atoms with van der Waals surface area (Å²) in [4.78, 5) is 1.74. The monoisotopic (exact) mass is 286 g/mol. The summed E-state index contributed by atoms with van der Waals surface area (Å²) in [6, 6.07) is 1.50. The van der Waals surface area contributed by atoms with Gasteiger partial charge in [-0.15, -0.1) is 0 Å². The molecule has 1 aromatic rings. The Labute approximate surface area is 118 Å². The smallest absolute Gasteiger partial charge is 0.152 e. The summed E-state index contributed by atoms with van der Waals surface area (Å²) >= 11 is 0. The first-order chi connectivity index (χ1) is 9.40. The highest BCUT2D eigenvalue weighted by molar-refractivity contribution is 5.51. The second-order valence-electron chi connectivity index (χ2n) is 5.70. The summed E-state index contributed by atoms with van der Waals surface area (Å²) < 4.78 is 41.1. The van der Waals surface area contributed by atoms with Gasteiger partial charge in [-0.05, 0) is 19.8 Å². The Morgan fingerprint density at radius 1 is 1.25 bits per heavy atom. The summed E-state index contributed by atoms with van der Waals surface area (Å²) in [5, 5.41) is 3.44. The zero-order valence-electron chi connectivity index (χ0n) is 12.1. The molecule has 0 saturated carbocycles. The lowest BCUT2D eigenvalue weighted by atomic mass is 9.92. The van der Waals surface area contributed by atoms with Gasteiger partial charge in [0.1, 0.15) is 11.5 Å². The van der Waals surface area contributed by atoms with Crippen molar-refractivity contribution in [2.45, 2.75) is 45.2 Å². The minimum absolute atomic E-state index is 0.00378. The van der Waals surface area contributed by atoms with Gasteiger partial charge in [-0.25, -0.2) is 13.2 Å². The van der Waals surface area contributed by atoms with Crippen LogP contribution in [0.4, 0.5) is 18.9 Å². The van der Waals surface area contributed by atoms with E-state index in [0.717, 1.165) is 25.0 Å². The van der Waals surface area contributed by atoms with Gasteiger partial charge in [0, 0.05) is 36.8 Å². The van der Waals surface area contributed by atoms with Gasteiger partial charge in [0.2, 0.25) is 0 Å². The lowest BCUT2D eigenvalue weighted by Gasteiger charge is -2.47. The van der Waals surface area contributed by atoms with Crippen LogP contribution in [0.1, 0.15) is 33.6 Å². The van der Waals surface area contributed by atoms with Crippen LogP contribution in [-0.2, 0) is 0 Å². The number of piperazine rings is 1. The molecule has 2 rings (SSSR count). The Morgan fingerprint density at radius 3 is 2.35 bits per heavy atom. The quantitative estimate of drug-likeness (QED) is 0.915. The molecule has 20 heavy (non-hydrogen) atoms. The van der Waals surface area contributed by atoms with Crippen LogP contribution >= 0.6 is 0 Å². The van der Waals surface area contributed by atoms with Crippen molar-refractivity contribution in [3.63, 3.8) is 0 Å². The summed E-state index contributed by atoms with van der Waals surface area (Å²) in [6.45, 7) is 7.21. The van der Waals surface area contributed by atoms with E-state index in [4.69, 9.17) is 0 Å². The topological polar surface area (TPSA) is 15.3 Å². The molecule has 0 amide bonds. The largest absolute Gasteiger partial charge is 0.361 e. The van der Waals surface area contributed by atoms with E-state index in [0.29, 0.717) is 13.1 Å². The SMILES string of the molecule is CCC1CNC(C)(CC)CN1c1c(F)cc(F)cc1F. The maximum atomic E-state index is 14.0. The van der Waals surface area contributed by atoms with E-state index in [1.807, 2.05) is 20.8 Å². The predicted molar refractivity (Wildman–Crippen MR) is 74.4 cm³/mol. The molecule has 0 aromatic heterocycles. The van der Waals surface area contributed by atoms with Crippen molar-refractivity contribution >= 4 is 5.69 Å². The molecule has 1 aliphatic rings. The van der Waals surface area contributed by atoms with Crippen LogP contribution in [0, 0.1) is 17.5 Å². The van der Waals surface area contributed by atoms with Gasteiger partial charge in [0.05, 0.1) is 0 Å². The molecule has 1 aliphatic heterocycles. The Morgan fingerprint density at radius 2 is 1.85 bits per heavy atom. The standard InChI is InChI=1S/C15H21F3N2/c1-4-11-8-19-15(3,5-2)9-20(11)14-12(17)6-10(16)7-13(14)18/h6-7,11,19H,4-5,8-9H2,1-3H3. The predicted octanol–water partition coefficient (Wildman–Crippen LogP) is 3.46. The van der Waals surface area contributed by atoms with Crippen LogP contribution in [0.15, 0.2) is 12.1 Å². The van der Waals surface area contributed by atoms with Crippen molar-refractivity contribution in [1.29, 1.82) is 0 Å². The van der Waals surface area contributed by atoms with Crippen molar-refractivity contribution in [3.8, 4) is 0 Å². The van der Waals surface area contributed by atoms with E-state index in [-0.39, 0.29) is 17.3 Å². The van der Waals surface area contributed by atoms with Crippen LogP contribution in [-0.4, -0.2) is 24.7 Å². The van der Waals surface area contributed by atoms with E-state index in [2.05, 4.69) is 5.32 Å². The Bertz CT molecular complexity index is 469. The minimum atomic E-state index is -0.884. The molecule has 2 nitrogen and oxygen atoms in total. The van der Waals surface area contributed by atoms with Gasteiger partial charge in [0.25, 0.3) is 0 Å². The molecule has 1 heterocycles. The fourth-order valence-corrected chi connectivity index (χ4v) is 2.71. The van der Waals surface area contributed by atoms with Crippen molar-refractivity contribution < 1.29 is 13.2 Å². The summed E-state index contributed by atoms with van der Waals surface area (Å²) in [6.07, 6.45) is 1.62. The molecule has 2 unspecified atom stereocenters. The highest BCUT2D eigenvalue weighted by atomic mass is 19.1. The number of anilines is 1.